The van der Waals surface area contributed by atoms with Gasteiger partial charge >= 0.3 is 0 Å². The predicted octanol–water partition coefficient (Wildman–Crippen LogP) is 5.17. The summed E-state index contributed by atoms with van der Waals surface area (Å²) < 4.78 is 0. The largest absolute Gasteiger partial charge is 0.294 e. The molecule has 3 aliphatic carbocycles. The number of hydrogen-bond acceptors (Lipinski definition) is 1. The summed E-state index contributed by atoms with van der Waals surface area (Å²) in [6.07, 6.45) is 7.01. The fourth-order valence-electron chi connectivity index (χ4n) is 4.51. The predicted molar refractivity (Wildman–Crippen MR) is 93.5 cm³/mol. The van der Waals surface area contributed by atoms with Gasteiger partial charge in [0.15, 0.2) is 5.78 Å². The van der Waals surface area contributed by atoms with Crippen LogP contribution in [0.3, 0.4) is 0 Å². The molecule has 0 aromatic heterocycles. The summed E-state index contributed by atoms with van der Waals surface area (Å²) >= 11 is 0. The molecule has 23 heavy (non-hydrogen) atoms. The molecule has 3 unspecified atom stereocenters. The Labute approximate surface area is 138 Å². The number of rotatable bonds is 3. The maximum Gasteiger partial charge on any atom is 0.167 e. The summed E-state index contributed by atoms with van der Waals surface area (Å²) in [4.78, 5) is 13.4. The molecule has 2 aromatic rings. The van der Waals surface area contributed by atoms with Crippen LogP contribution < -0.4 is 0 Å². The molecule has 0 radical (unpaired) electrons. The van der Waals surface area contributed by atoms with Gasteiger partial charge in [0.25, 0.3) is 0 Å². The van der Waals surface area contributed by atoms with Crippen molar-refractivity contribution < 1.29 is 4.79 Å². The molecule has 1 saturated carbocycles. The monoisotopic (exact) mass is 302 g/mol. The van der Waals surface area contributed by atoms with Gasteiger partial charge in [-0.3, -0.25) is 4.79 Å². The number of benzene rings is 2. The van der Waals surface area contributed by atoms with Crippen molar-refractivity contribution in [3.05, 3.63) is 83.4 Å². The van der Waals surface area contributed by atoms with Gasteiger partial charge in [-0.1, -0.05) is 66.7 Å². The average molecular weight is 302 g/mol. The van der Waals surface area contributed by atoms with E-state index in [4.69, 9.17) is 0 Å². The van der Waals surface area contributed by atoms with Crippen molar-refractivity contribution in [1.29, 1.82) is 0 Å². The Morgan fingerprint density at radius 3 is 2.22 bits per heavy atom. The summed E-state index contributed by atoms with van der Waals surface area (Å²) in [6.45, 7) is 2.04. The van der Waals surface area contributed by atoms with Crippen LogP contribution in [0.25, 0.3) is 0 Å². The lowest BCUT2D eigenvalue weighted by Gasteiger charge is -2.44. The highest BCUT2D eigenvalue weighted by molar-refractivity contribution is 6.00. The second kappa shape index (κ2) is 5.81. The van der Waals surface area contributed by atoms with Crippen LogP contribution in [0.4, 0.5) is 0 Å². The number of fused-ring (bicyclic) bond motifs is 2. The molecule has 0 N–H and O–H groups in total. The van der Waals surface area contributed by atoms with Gasteiger partial charge < -0.3 is 0 Å². The smallest absolute Gasteiger partial charge is 0.167 e. The van der Waals surface area contributed by atoms with Gasteiger partial charge in [-0.05, 0) is 42.7 Å². The van der Waals surface area contributed by atoms with Crippen molar-refractivity contribution in [3.63, 3.8) is 0 Å². The van der Waals surface area contributed by atoms with Gasteiger partial charge in [0.2, 0.25) is 0 Å². The molecule has 0 amide bonds. The molecule has 0 saturated heterocycles. The molecule has 4 atom stereocenters. The molecule has 3 aliphatic rings. The quantitative estimate of drug-likeness (QED) is 0.564. The first-order chi connectivity index (χ1) is 11.3. The lowest BCUT2D eigenvalue weighted by atomic mass is 9.58. The van der Waals surface area contributed by atoms with Crippen LogP contribution in [0.2, 0.25) is 0 Å². The molecule has 0 aliphatic heterocycles. The lowest BCUT2D eigenvalue weighted by molar-refractivity contribution is 0.0769. The molecule has 0 spiro atoms. The van der Waals surface area contributed by atoms with Gasteiger partial charge in [-0.2, -0.15) is 0 Å². The molecule has 0 heterocycles. The highest BCUT2D eigenvalue weighted by Crippen LogP contribution is 2.51. The van der Waals surface area contributed by atoms with Crippen LogP contribution >= 0.6 is 0 Å². The lowest BCUT2D eigenvalue weighted by Crippen LogP contribution is -2.40. The minimum atomic E-state index is 0.0854. The maximum atomic E-state index is 13.4. The average Bonchev–Trinajstić information content (AvgIpc) is 2.62. The Morgan fingerprint density at radius 1 is 0.870 bits per heavy atom. The van der Waals surface area contributed by atoms with Gasteiger partial charge in [-0.15, -0.1) is 0 Å². The number of hydrogen-bond donors (Lipinski definition) is 0. The zero-order chi connectivity index (χ0) is 15.8. The number of allylic oxidation sites excluding steroid dienone is 2. The molecule has 116 valence electrons. The fraction of sp³-hybridized carbons (Fsp3) is 0.318. The van der Waals surface area contributed by atoms with Crippen molar-refractivity contribution >= 4 is 5.78 Å². The third-order valence-electron chi connectivity index (χ3n) is 5.65. The topological polar surface area (TPSA) is 17.1 Å². The van der Waals surface area contributed by atoms with Crippen LogP contribution in [0.1, 0.15) is 40.2 Å². The van der Waals surface area contributed by atoms with Crippen molar-refractivity contribution in [2.75, 3.05) is 0 Å². The van der Waals surface area contributed by atoms with Gasteiger partial charge in [0, 0.05) is 17.4 Å². The van der Waals surface area contributed by atoms with Crippen molar-refractivity contribution in [1.82, 2.24) is 0 Å². The van der Waals surface area contributed by atoms with Crippen LogP contribution in [0.5, 0.6) is 0 Å². The highest BCUT2D eigenvalue weighted by Gasteiger charge is 2.45. The van der Waals surface area contributed by atoms with E-state index in [1.54, 1.807) is 0 Å². The van der Waals surface area contributed by atoms with E-state index >= 15 is 0 Å². The first kappa shape index (κ1) is 14.4. The molecule has 1 nitrogen and oxygen atoms in total. The Bertz CT molecular complexity index is 744. The van der Waals surface area contributed by atoms with E-state index in [1.165, 1.54) is 12.0 Å². The number of carbonyl (C=O) groups is 1. The number of ketones is 1. The zero-order valence-electron chi connectivity index (χ0n) is 13.5. The SMILES string of the molecule is Cc1ccccc1C(=O)[C@H]1C2C=CC(CC2)C1c1ccccc1. The van der Waals surface area contributed by atoms with Crippen molar-refractivity contribution in [2.45, 2.75) is 25.7 Å². The Hall–Kier alpha value is -2.15. The van der Waals surface area contributed by atoms with E-state index in [0.717, 1.165) is 17.5 Å². The van der Waals surface area contributed by atoms with Crippen LogP contribution in [0.15, 0.2) is 66.7 Å². The third kappa shape index (κ3) is 2.45. The van der Waals surface area contributed by atoms with Crippen LogP contribution in [-0.2, 0) is 0 Å². The second-order valence-electron chi connectivity index (χ2n) is 6.93. The number of aryl methyl sites for hydroxylation is 1. The van der Waals surface area contributed by atoms with Crippen molar-refractivity contribution in [3.8, 4) is 0 Å². The first-order valence-electron chi connectivity index (χ1n) is 8.59. The van der Waals surface area contributed by atoms with E-state index in [2.05, 4.69) is 42.5 Å². The Balaban J connectivity index is 1.77. The molecular formula is C22H22O. The number of carbonyl (C=O) groups excluding carboxylic acids is 1. The Morgan fingerprint density at radius 2 is 1.52 bits per heavy atom. The van der Waals surface area contributed by atoms with Gasteiger partial charge in [0.05, 0.1) is 0 Å². The number of Topliss-reactive ketones (excluding diaryl/α,β-unsaturated/α-hetero) is 1. The van der Waals surface area contributed by atoms with E-state index in [9.17, 15) is 4.79 Å². The molecule has 1 fully saturated rings. The normalized spacial score (nSPS) is 28.7. The summed E-state index contributed by atoms with van der Waals surface area (Å²) in [5.74, 6) is 1.63. The summed E-state index contributed by atoms with van der Waals surface area (Å²) in [5.41, 5.74) is 3.31. The first-order valence-corrected chi connectivity index (χ1v) is 8.59. The van der Waals surface area contributed by atoms with Gasteiger partial charge in [0.1, 0.15) is 0 Å². The highest BCUT2D eigenvalue weighted by atomic mass is 16.1. The maximum absolute atomic E-state index is 13.4. The minimum absolute atomic E-state index is 0.0854. The van der Waals surface area contributed by atoms with E-state index in [-0.39, 0.29) is 5.92 Å². The summed E-state index contributed by atoms with van der Waals surface area (Å²) in [5, 5.41) is 0. The zero-order valence-corrected chi connectivity index (χ0v) is 13.5. The molecule has 2 bridgehead atoms. The molecule has 5 rings (SSSR count). The Kier molecular flexibility index (Phi) is 3.65. The summed E-state index contributed by atoms with van der Waals surface area (Å²) in [6, 6.07) is 18.6. The van der Waals surface area contributed by atoms with Crippen molar-refractivity contribution in [2.24, 2.45) is 17.8 Å². The van der Waals surface area contributed by atoms with Crippen LogP contribution in [-0.4, -0.2) is 5.78 Å². The standard InChI is InChI=1S/C22H22O/c1-15-7-5-6-10-19(15)22(23)21-18-13-11-17(12-14-18)20(21)16-8-3-2-4-9-16/h2-11,13,17-18,20-21H,12,14H2,1H3/t17?,18?,20?,21-/m0/s1. The minimum Gasteiger partial charge on any atom is -0.294 e. The van der Waals surface area contributed by atoms with Crippen LogP contribution in [0, 0.1) is 24.7 Å². The molecule has 1 heteroatoms. The summed E-state index contributed by atoms with van der Waals surface area (Å²) in [7, 11) is 0. The van der Waals surface area contributed by atoms with E-state index in [1.807, 2.05) is 31.2 Å². The van der Waals surface area contributed by atoms with E-state index in [0.29, 0.717) is 23.5 Å². The fourth-order valence-corrected chi connectivity index (χ4v) is 4.51. The van der Waals surface area contributed by atoms with E-state index < -0.39 is 0 Å². The molecule has 2 aromatic carbocycles. The third-order valence-corrected chi connectivity index (χ3v) is 5.65. The molecular weight excluding hydrogens is 280 g/mol. The van der Waals surface area contributed by atoms with Gasteiger partial charge in [-0.25, -0.2) is 0 Å². The second-order valence-corrected chi connectivity index (χ2v) is 6.93.